The van der Waals surface area contributed by atoms with Gasteiger partial charge in [0.25, 0.3) is 0 Å². The highest BCUT2D eigenvalue weighted by atomic mass is 32.2. The van der Waals surface area contributed by atoms with E-state index in [1.165, 1.54) is 16.7 Å². The van der Waals surface area contributed by atoms with E-state index < -0.39 is 27.9 Å². The van der Waals surface area contributed by atoms with Crippen LogP contribution in [0.15, 0.2) is 0 Å². The summed E-state index contributed by atoms with van der Waals surface area (Å²) < 4.78 is 22.9. The van der Waals surface area contributed by atoms with E-state index in [-0.39, 0.29) is 18.1 Å². The van der Waals surface area contributed by atoms with Crippen molar-refractivity contribution in [2.75, 3.05) is 36.6 Å². The van der Waals surface area contributed by atoms with Gasteiger partial charge in [-0.2, -0.15) is 11.8 Å². The van der Waals surface area contributed by atoms with Crippen molar-refractivity contribution in [1.82, 2.24) is 10.2 Å². The minimum absolute atomic E-state index is 0.0665. The Bertz CT molecular complexity index is 452. The number of carbonyl (C=O) groups excluding carboxylic acids is 1. The van der Waals surface area contributed by atoms with Crippen molar-refractivity contribution in [1.29, 1.82) is 0 Å². The van der Waals surface area contributed by atoms with Gasteiger partial charge in [0, 0.05) is 13.1 Å². The van der Waals surface area contributed by atoms with E-state index in [4.69, 9.17) is 5.11 Å². The Morgan fingerprint density at radius 1 is 1.35 bits per heavy atom. The Kier molecular flexibility index (Phi) is 6.60. The fourth-order valence-corrected chi connectivity index (χ4v) is 3.62. The maximum Gasteiger partial charge on any atom is 0.326 e. The van der Waals surface area contributed by atoms with Crippen LogP contribution in [0.5, 0.6) is 0 Å². The lowest BCUT2D eigenvalue weighted by Gasteiger charge is -2.23. The molecule has 20 heavy (non-hydrogen) atoms. The zero-order valence-electron chi connectivity index (χ0n) is 11.4. The monoisotopic (exact) mass is 324 g/mol. The Morgan fingerprint density at radius 2 is 2.05 bits per heavy atom. The summed E-state index contributed by atoms with van der Waals surface area (Å²) in [6.45, 7) is 0.447. The largest absolute Gasteiger partial charge is 0.480 e. The molecule has 7 nitrogen and oxygen atoms in total. The molecule has 9 heteroatoms. The highest BCUT2D eigenvalue weighted by Crippen LogP contribution is 2.07. The average Bonchev–Trinajstić information content (AvgIpc) is 2.55. The molecule has 1 aliphatic rings. The molecule has 1 aliphatic heterocycles. The van der Waals surface area contributed by atoms with E-state index in [0.717, 1.165) is 0 Å². The second-order valence-electron chi connectivity index (χ2n) is 4.61. The van der Waals surface area contributed by atoms with Crippen molar-refractivity contribution in [2.24, 2.45) is 0 Å². The van der Waals surface area contributed by atoms with E-state index in [2.05, 4.69) is 5.32 Å². The van der Waals surface area contributed by atoms with E-state index in [9.17, 15) is 18.0 Å². The third-order valence-corrected chi connectivity index (χ3v) is 5.41. The van der Waals surface area contributed by atoms with Gasteiger partial charge in [-0.3, -0.25) is 0 Å². The molecule has 0 radical (unpaired) electrons. The van der Waals surface area contributed by atoms with Gasteiger partial charge >= 0.3 is 12.0 Å². The van der Waals surface area contributed by atoms with Crippen molar-refractivity contribution in [3.8, 4) is 0 Å². The van der Waals surface area contributed by atoms with Gasteiger partial charge in [-0.25, -0.2) is 18.0 Å². The van der Waals surface area contributed by atoms with Crippen molar-refractivity contribution in [2.45, 2.75) is 18.9 Å². The molecule has 2 N–H and O–H groups in total. The summed E-state index contributed by atoms with van der Waals surface area (Å²) in [5.74, 6) is -0.435. The summed E-state index contributed by atoms with van der Waals surface area (Å²) in [6.07, 6.45) is 2.59. The lowest BCUT2D eigenvalue weighted by molar-refractivity contribution is -0.139. The quantitative estimate of drug-likeness (QED) is 0.739. The first kappa shape index (κ1) is 17.1. The van der Waals surface area contributed by atoms with Crippen LogP contribution in [0.1, 0.15) is 12.8 Å². The van der Waals surface area contributed by atoms with Gasteiger partial charge in [0.2, 0.25) is 0 Å². The fraction of sp³-hybridized carbons (Fsp3) is 0.818. The number of thioether (sulfide) groups is 1. The van der Waals surface area contributed by atoms with Crippen LogP contribution in [0.2, 0.25) is 0 Å². The number of carbonyl (C=O) groups is 2. The van der Waals surface area contributed by atoms with Crippen molar-refractivity contribution in [3.05, 3.63) is 0 Å². The van der Waals surface area contributed by atoms with Crippen molar-refractivity contribution < 1.29 is 23.1 Å². The second kappa shape index (κ2) is 7.72. The summed E-state index contributed by atoms with van der Waals surface area (Å²) in [5, 5.41) is 11.5. The standard InChI is InChI=1S/C11H20N2O5S2/c1-19-6-3-9(10(14)15)12-11(16)13-4-2-7-20(17,18)8-5-13/h9H,2-8H2,1H3,(H,12,16)(H,14,15)/t9-/m0/s1. The molecule has 0 saturated carbocycles. The average molecular weight is 324 g/mol. The van der Waals surface area contributed by atoms with E-state index in [1.54, 1.807) is 0 Å². The molecular formula is C11H20N2O5S2. The first-order chi connectivity index (χ1) is 9.35. The maximum atomic E-state index is 12.0. The molecule has 1 rings (SSSR count). The number of carboxylic acid groups (broad SMARTS) is 1. The minimum Gasteiger partial charge on any atom is -0.480 e. The minimum atomic E-state index is -3.09. The molecule has 1 atom stereocenters. The van der Waals surface area contributed by atoms with Gasteiger partial charge in [-0.05, 0) is 24.9 Å². The topological polar surface area (TPSA) is 104 Å². The molecule has 0 aromatic rings. The van der Waals surface area contributed by atoms with Crippen LogP contribution in [0, 0.1) is 0 Å². The number of amides is 2. The third-order valence-electron chi connectivity index (χ3n) is 3.05. The summed E-state index contributed by atoms with van der Waals surface area (Å²) in [5.41, 5.74) is 0. The van der Waals surface area contributed by atoms with Gasteiger partial charge in [0.05, 0.1) is 11.5 Å². The Hall–Kier alpha value is -0.960. The molecule has 1 heterocycles. The van der Waals surface area contributed by atoms with Crippen LogP contribution in [0.4, 0.5) is 4.79 Å². The zero-order valence-corrected chi connectivity index (χ0v) is 13.0. The van der Waals surface area contributed by atoms with Gasteiger partial charge in [-0.1, -0.05) is 0 Å². The fourth-order valence-electron chi connectivity index (χ4n) is 1.87. The molecule has 0 aromatic carbocycles. The van der Waals surface area contributed by atoms with Gasteiger partial charge in [-0.15, -0.1) is 0 Å². The number of urea groups is 1. The molecule has 0 bridgehead atoms. The molecule has 0 aliphatic carbocycles. The van der Waals surface area contributed by atoms with Gasteiger partial charge in [0.15, 0.2) is 9.84 Å². The van der Waals surface area contributed by atoms with Crippen LogP contribution in [0.3, 0.4) is 0 Å². The van der Waals surface area contributed by atoms with Crippen molar-refractivity contribution in [3.63, 3.8) is 0 Å². The number of hydrogen-bond acceptors (Lipinski definition) is 5. The number of sulfone groups is 1. The Labute approximate surface area is 123 Å². The molecule has 0 unspecified atom stereocenters. The van der Waals surface area contributed by atoms with Crippen molar-refractivity contribution >= 4 is 33.6 Å². The highest BCUT2D eigenvalue weighted by molar-refractivity contribution is 7.98. The van der Waals surface area contributed by atoms with Crippen LogP contribution < -0.4 is 5.32 Å². The van der Waals surface area contributed by atoms with E-state index in [0.29, 0.717) is 25.1 Å². The second-order valence-corrected chi connectivity index (χ2v) is 7.90. The molecule has 116 valence electrons. The smallest absolute Gasteiger partial charge is 0.326 e. The summed E-state index contributed by atoms with van der Waals surface area (Å²) >= 11 is 1.51. The molecule has 2 amide bonds. The van der Waals surface area contributed by atoms with Crippen LogP contribution in [-0.4, -0.2) is 73.1 Å². The Balaban J connectivity index is 2.57. The summed E-state index contributed by atoms with van der Waals surface area (Å²) in [4.78, 5) is 24.4. The van der Waals surface area contributed by atoms with Gasteiger partial charge in [0.1, 0.15) is 6.04 Å². The summed E-state index contributed by atoms with van der Waals surface area (Å²) in [6, 6.07) is -1.44. The van der Waals surface area contributed by atoms with Gasteiger partial charge < -0.3 is 15.3 Å². The first-order valence-electron chi connectivity index (χ1n) is 6.33. The number of nitrogens with zero attached hydrogens (tertiary/aromatic N) is 1. The highest BCUT2D eigenvalue weighted by Gasteiger charge is 2.26. The van der Waals surface area contributed by atoms with Crippen LogP contribution in [-0.2, 0) is 14.6 Å². The molecule has 1 fully saturated rings. The lowest BCUT2D eigenvalue weighted by Crippen LogP contribution is -2.49. The maximum absolute atomic E-state index is 12.0. The van der Waals surface area contributed by atoms with Crippen LogP contribution in [0.25, 0.3) is 0 Å². The summed E-state index contributed by atoms with van der Waals surface area (Å²) in [7, 11) is -3.09. The molecule has 0 spiro atoms. The normalized spacial score (nSPS) is 19.9. The predicted octanol–water partition coefficient (Wildman–Crippen LogP) is 0.0228. The lowest BCUT2D eigenvalue weighted by atomic mass is 10.2. The Morgan fingerprint density at radius 3 is 2.65 bits per heavy atom. The molecule has 1 saturated heterocycles. The number of hydrogen-bond donors (Lipinski definition) is 2. The number of aliphatic carboxylic acids is 1. The molecule has 0 aromatic heterocycles. The van der Waals surface area contributed by atoms with E-state index >= 15 is 0 Å². The number of rotatable bonds is 5. The first-order valence-corrected chi connectivity index (χ1v) is 9.55. The zero-order chi connectivity index (χ0) is 15.2. The molecular weight excluding hydrogens is 304 g/mol. The third kappa shape index (κ3) is 5.58. The predicted molar refractivity (Wildman–Crippen MR) is 77.8 cm³/mol. The SMILES string of the molecule is CSCC[C@H](NC(=O)N1CCCS(=O)(=O)CC1)C(=O)O. The van der Waals surface area contributed by atoms with Crippen LogP contribution >= 0.6 is 11.8 Å². The number of nitrogens with one attached hydrogen (secondary N) is 1. The number of carboxylic acids is 1. The van der Waals surface area contributed by atoms with E-state index in [1.807, 2.05) is 6.26 Å².